The molecule has 1 aliphatic heterocycles. The number of hydrogen-bond donors (Lipinski definition) is 1. The summed E-state index contributed by atoms with van der Waals surface area (Å²) in [6.45, 7) is 5.95. The van der Waals surface area contributed by atoms with Crippen LogP contribution in [0.2, 0.25) is 0 Å². The highest BCUT2D eigenvalue weighted by molar-refractivity contribution is 8.14. The molecule has 1 aliphatic rings. The first-order valence-corrected chi connectivity index (χ1v) is 8.12. The van der Waals surface area contributed by atoms with Gasteiger partial charge in [-0.25, -0.2) is 4.99 Å². The van der Waals surface area contributed by atoms with Crippen LogP contribution < -0.4 is 0 Å². The molecule has 5 heteroatoms. The zero-order chi connectivity index (χ0) is 15.6. The molecule has 4 nitrogen and oxygen atoms in total. The first kappa shape index (κ1) is 15.9. The number of rotatable bonds is 4. The van der Waals surface area contributed by atoms with Crippen molar-refractivity contribution < 1.29 is 9.90 Å². The second kappa shape index (κ2) is 6.52. The van der Waals surface area contributed by atoms with E-state index < -0.39 is 11.9 Å². The van der Waals surface area contributed by atoms with Gasteiger partial charge in [-0.15, -0.1) is 0 Å². The molecule has 1 N–H and O–H groups in total. The van der Waals surface area contributed by atoms with Crippen LogP contribution >= 0.6 is 11.8 Å². The molecule has 0 spiro atoms. The van der Waals surface area contributed by atoms with Gasteiger partial charge in [0, 0.05) is 12.3 Å². The van der Waals surface area contributed by atoms with E-state index in [0.29, 0.717) is 0 Å². The van der Waals surface area contributed by atoms with Crippen LogP contribution in [0.25, 0.3) is 0 Å². The third-order valence-corrected chi connectivity index (χ3v) is 5.23. The number of aliphatic imine (C=N–C) groups is 1. The van der Waals surface area contributed by atoms with Crippen molar-refractivity contribution in [3.63, 3.8) is 0 Å². The third-order valence-electron chi connectivity index (χ3n) is 3.99. The summed E-state index contributed by atoms with van der Waals surface area (Å²) in [6, 6.07) is 8.17. The topological polar surface area (TPSA) is 52.9 Å². The van der Waals surface area contributed by atoms with Gasteiger partial charge in [0.1, 0.15) is 0 Å². The van der Waals surface area contributed by atoms with E-state index in [9.17, 15) is 9.90 Å². The van der Waals surface area contributed by atoms with E-state index in [1.54, 1.807) is 18.7 Å². The summed E-state index contributed by atoms with van der Waals surface area (Å²) in [4.78, 5) is 17.9. The van der Waals surface area contributed by atoms with Crippen LogP contribution in [-0.2, 0) is 11.2 Å². The maximum Gasteiger partial charge on any atom is 0.308 e. The van der Waals surface area contributed by atoms with Gasteiger partial charge in [0.15, 0.2) is 5.17 Å². The summed E-state index contributed by atoms with van der Waals surface area (Å²) < 4.78 is 0. The molecule has 1 aromatic carbocycles. The third kappa shape index (κ3) is 3.40. The summed E-state index contributed by atoms with van der Waals surface area (Å²) in [5.41, 5.74) is 2.20. The Kier molecular flexibility index (Phi) is 4.93. The number of amidine groups is 1. The van der Waals surface area contributed by atoms with Crippen molar-refractivity contribution in [2.24, 2.45) is 10.9 Å². The van der Waals surface area contributed by atoms with E-state index in [0.717, 1.165) is 17.3 Å². The molecule has 2 rings (SSSR count). The second-order valence-electron chi connectivity index (χ2n) is 5.47. The van der Waals surface area contributed by atoms with Gasteiger partial charge < -0.3 is 10.0 Å². The average molecular weight is 306 g/mol. The Morgan fingerprint density at radius 3 is 2.57 bits per heavy atom. The predicted octanol–water partition coefficient (Wildman–Crippen LogP) is 3.39. The van der Waals surface area contributed by atoms with Crippen LogP contribution in [0, 0.1) is 5.92 Å². The predicted molar refractivity (Wildman–Crippen MR) is 88.3 cm³/mol. The van der Waals surface area contributed by atoms with Crippen LogP contribution in [0.4, 0.5) is 5.69 Å². The fourth-order valence-electron chi connectivity index (χ4n) is 2.67. The van der Waals surface area contributed by atoms with E-state index >= 15 is 0 Å². The Morgan fingerprint density at radius 2 is 2.05 bits per heavy atom. The Balaban J connectivity index is 2.20. The summed E-state index contributed by atoms with van der Waals surface area (Å²) >= 11 is 1.64. The van der Waals surface area contributed by atoms with Crippen molar-refractivity contribution in [3.05, 3.63) is 29.8 Å². The number of carboxylic acid groups (broad SMARTS) is 1. The molecule has 1 heterocycles. The van der Waals surface area contributed by atoms with E-state index in [1.807, 2.05) is 24.1 Å². The van der Waals surface area contributed by atoms with E-state index in [2.05, 4.69) is 31.0 Å². The maximum atomic E-state index is 11.2. The van der Waals surface area contributed by atoms with Crippen molar-refractivity contribution in [1.29, 1.82) is 0 Å². The largest absolute Gasteiger partial charge is 0.481 e. The monoisotopic (exact) mass is 306 g/mol. The van der Waals surface area contributed by atoms with Gasteiger partial charge in [-0.05, 0) is 31.0 Å². The highest BCUT2D eigenvalue weighted by Crippen LogP contribution is 2.35. The number of carbonyl (C=O) groups is 1. The minimum absolute atomic E-state index is 0.0267. The molecule has 0 amide bonds. The first-order chi connectivity index (χ1) is 9.93. The molecule has 0 bridgehead atoms. The summed E-state index contributed by atoms with van der Waals surface area (Å²) in [5.74, 6) is -1.17. The standard InChI is InChI=1S/C16H22N2O2S/c1-5-12-6-8-13(9-7-12)17-16-18(4)14(11(3)21-16)10(2)15(19)20/h6-11,14H,5H2,1-4H3,(H,19,20). The van der Waals surface area contributed by atoms with Gasteiger partial charge in [-0.1, -0.05) is 37.7 Å². The molecular formula is C16H22N2O2S. The van der Waals surface area contributed by atoms with Gasteiger partial charge in [-0.2, -0.15) is 0 Å². The number of nitrogens with zero attached hydrogens (tertiary/aromatic N) is 2. The lowest BCUT2D eigenvalue weighted by Gasteiger charge is -2.26. The van der Waals surface area contributed by atoms with Gasteiger partial charge in [0.2, 0.25) is 0 Å². The molecule has 0 aliphatic carbocycles. The molecule has 3 atom stereocenters. The number of carboxylic acids is 1. The molecular weight excluding hydrogens is 284 g/mol. The minimum Gasteiger partial charge on any atom is -0.481 e. The molecule has 1 aromatic rings. The number of aliphatic carboxylic acids is 1. The van der Waals surface area contributed by atoms with Gasteiger partial charge in [-0.3, -0.25) is 4.79 Å². The zero-order valence-corrected chi connectivity index (χ0v) is 13.7. The van der Waals surface area contributed by atoms with Crippen molar-refractivity contribution in [2.75, 3.05) is 7.05 Å². The Bertz CT molecular complexity index is 542. The van der Waals surface area contributed by atoms with Crippen molar-refractivity contribution in [3.8, 4) is 0 Å². The summed E-state index contributed by atoms with van der Waals surface area (Å²) in [6.07, 6.45) is 1.01. The smallest absolute Gasteiger partial charge is 0.308 e. The second-order valence-corrected chi connectivity index (χ2v) is 6.81. The zero-order valence-electron chi connectivity index (χ0n) is 12.9. The normalized spacial score (nSPS) is 25.3. The molecule has 3 unspecified atom stereocenters. The summed E-state index contributed by atoms with van der Waals surface area (Å²) in [5, 5.41) is 10.3. The number of hydrogen-bond acceptors (Lipinski definition) is 3. The van der Waals surface area contributed by atoms with E-state index in [1.165, 1.54) is 5.56 Å². The highest BCUT2D eigenvalue weighted by atomic mass is 32.2. The number of benzene rings is 1. The molecule has 114 valence electrons. The average Bonchev–Trinajstić information content (AvgIpc) is 2.73. The van der Waals surface area contributed by atoms with Crippen LogP contribution in [0.1, 0.15) is 26.3 Å². The van der Waals surface area contributed by atoms with E-state index in [4.69, 9.17) is 0 Å². The number of aryl methyl sites for hydroxylation is 1. The van der Waals surface area contributed by atoms with Gasteiger partial charge in [0.25, 0.3) is 0 Å². The van der Waals surface area contributed by atoms with Crippen molar-refractivity contribution in [2.45, 2.75) is 38.5 Å². The molecule has 1 saturated heterocycles. The fourth-order valence-corrected chi connectivity index (χ4v) is 4.01. The van der Waals surface area contributed by atoms with Crippen LogP contribution in [0.15, 0.2) is 29.3 Å². The highest BCUT2D eigenvalue weighted by Gasteiger charge is 2.40. The molecule has 1 fully saturated rings. The van der Waals surface area contributed by atoms with Crippen LogP contribution in [0.5, 0.6) is 0 Å². The lowest BCUT2D eigenvalue weighted by molar-refractivity contribution is -0.142. The van der Waals surface area contributed by atoms with Gasteiger partial charge >= 0.3 is 5.97 Å². The fraction of sp³-hybridized carbons (Fsp3) is 0.500. The Morgan fingerprint density at radius 1 is 1.43 bits per heavy atom. The van der Waals surface area contributed by atoms with Crippen LogP contribution in [-0.4, -0.2) is 39.5 Å². The summed E-state index contributed by atoms with van der Waals surface area (Å²) in [7, 11) is 1.93. The lowest BCUT2D eigenvalue weighted by Crippen LogP contribution is -2.41. The lowest BCUT2D eigenvalue weighted by atomic mass is 9.99. The molecule has 21 heavy (non-hydrogen) atoms. The molecule has 0 radical (unpaired) electrons. The van der Waals surface area contributed by atoms with Crippen molar-refractivity contribution >= 4 is 28.6 Å². The maximum absolute atomic E-state index is 11.2. The molecule has 0 aromatic heterocycles. The first-order valence-electron chi connectivity index (χ1n) is 7.24. The number of thioether (sulfide) groups is 1. The van der Waals surface area contributed by atoms with Crippen molar-refractivity contribution in [1.82, 2.24) is 4.90 Å². The Labute approximate surface area is 130 Å². The minimum atomic E-state index is -0.757. The van der Waals surface area contributed by atoms with Crippen LogP contribution in [0.3, 0.4) is 0 Å². The quantitative estimate of drug-likeness (QED) is 0.926. The van der Waals surface area contributed by atoms with E-state index in [-0.39, 0.29) is 11.3 Å². The molecule has 0 saturated carbocycles. The van der Waals surface area contributed by atoms with Gasteiger partial charge in [0.05, 0.1) is 17.6 Å². The SMILES string of the molecule is CCc1ccc(N=C2SC(C)C(C(C)C(=O)O)N2C)cc1. The Hall–Kier alpha value is -1.49.